The Labute approximate surface area is 118 Å². The Bertz CT molecular complexity index is 474. The first-order valence-electron chi connectivity index (χ1n) is 6.49. The Hall–Kier alpha value is -2.08. The molecular formula is C14H21N3O3. The Kier molecular flexibility index (Phi) is 5.99. The highest BCUT2D eigenvalue weighted by atomic mass is 16.3. The molecule has 0 spiro atoms. The van der Waals surface area contributed by atoms with Crippen LogP contribution in [0.15, 0.2) is 24.3 Å². The molecule has 1 unspecified atom stereocenters. The quantitative estimate of drug-likeness (QED) is 0.629. The topological polar surface area (TPSA) is 104 Å². The summed E-state index contributed by atoms with van der Waals surface area (Å²) in [6, 6.07) is 5.51. The molecule has 0 fully saturated rings. The van der Waals surface area contributed by atoms with Gasteiger partial charge in [-0.1, -0.05) is 32.0 Å². The van der Waals surface area contributed by atoms with Crippen LogP contribution in [0.4, 0.5) is 10.5 Å². The van der Waals surface area contributed by atoms with Crippen molar-refractivity contribution < 1.29 is 14.7 Å². The molecule has 0 aliphatic heterocycles. The molecule has 0 aliphatic carbocycles. The fourth-order valence-electron chi connectivity index (χ4n) is 1.87. The Balaban J connectivity index is 2.81. The van der Waals surface area contributed by atoms with E-state index in [1.165, 1.54) is 0 Å². The van der Waals surface area contributed by atoms with Crippen LogP contribution in [-0.4, -0.2) is 23.1 Å². The summed E-state index contributed by atoms with van der Waals surface area (Å²) in [4.78, 5) is 23.2. The van der Waals surface area contributed by atoms with Crippen molar-refractivity contribution in [1.82, 2.24) is 5.32 Å². The number of para-hydroxylation sites is 1. The highest BCUT2D eigenvalue weighted by Crippen LogP contribution is 2.16. The molecule has 110 valence electrons. The molecule has 6 heteroatoms. The van der Waals surface area contributed by atoms with E-state index < -0.39 is 12.1 Å². The third-order valence-electron chi connectivity index (χ3n) is 2.79. The third kappa shape index (κ3) is 4.89. The maximum atomic E-state index is 12.2. The molecule has 1 aromatic carbocycles. The van der Waals surface area contributed by atoms with Crippen LogP contribution in [0.5, 0.6) is 0 Å². The molecule has 20 heavy (non-hydrogen) atoms. The highest BCUT2D eigenvalue weighted by Gasteiger charge is 2.21. The third-order valence-corrected chi connectivity index (χ3v) is 2.79. The van der Waals surface area contributed by atoms with Gasteiger partial charge in [0.25, 0.3) is 0 Å². The number of nitrogens with one attached hydrogen (secondary N) is 2. The smallest absolute Gasteiger partial charge is 0.312 e. The van der Waals surface area contributed by atoms with E-state index >= 15 is 0 Å². The number of urea groups is 1. The Morgan fingerprint density at radius 1 is 1.30 bits per heavy atom. The zero-order valence-corrected chi connectivity index (χ0v) is 11.7. The van der Waals surface area contributed by atoms with Gasteiger partial charge in [0.2, 0.25) is 5.91 Å². The van der Waals surface area contributed by atoms with Crippen molar-refractivity contribution in [2.45, 2.75) is 32.9 Å². The molecule has 3 amide bonds. The van der Waals surface area contributed by atoms with Gasteiger partial charge >= 0.3 is 6.03 Å². The monoisotopic (exact) mass is 279 g/mol. The van der Waals surface area contributed by atoms with E-state index in [-0.39, 0.29) is 18.4 Å². The lowest BCUT2D eigenvalue weighted by Gasteiger charge is -2.19. The summed E-state index contributed by atoms with van der Waals surface area (Å²) in [6.45, 7) is 3.73. The number of aliphatic hydroxyl groups excluding tert-OH is 1. The summed E-state index contributed by atoms with van der Waals surface area (Å²) in [7, 11) is 0. The number of hydrogen-bond acceptors (Lipinski definition) is 3. The van der Waals surface area contributed by atoms with Gasteiger partial charge < -0.3 is 21.5 Å². The number of carbonyl (C=O) groups is 2. The van der Waals surface area contributed by atoms with E-state index in [4.69, 9.17) is 5.73 Å². The first-order valence-corrected chi connectivity index (χ1v) is 6.49. The lowest BCUT2D eigenvalue weighted by Crippen LogP contribution is -2.46. The van der Waals surface area contributed by atoms with E-state index in [1.807, 2.05) is 13.8 Å². The summed E-state index contributed by atoms with van der Waals surface area (Å²) >= 11 is 0. The second-order valence-electron chi connectivity index (χ2n) is 5.00. The van der Waals surface area contributed by atoms with Gasteiger partial charge in [0, 0.05) is 11.3 Å². The van der Waals surface area contributed by atoms with Crippen LogP contribution in [0.2, 0.25) is 0 Å². The maximum Gasteiger partial charge on any atom is 0.312 e. The van der Waals surface area contributed by atoms with Crippen molar-refractivity contribution in [1.29, 1.82) is 0 Å². The van der Waals surface area contributed by atoms with Crippen molar-refractivity contribution in [3.8, 4) is 0 Å². The van der Waals surface area contributed by atoms with Crippen LogP contribution in [0.25, 0.3) is 0 Å². The fraction of sp³-hybridized carbons (Fsp3) is 0.429. The molecule has 0 radical (unpaired) electrons. The average molecular weight is 279 g/mol. The molecule has 1 aromatic rings. The van der Waals surface area contributed by atoms with Crippen LogP contribution in [0.1, 0.15) is 25.8 Å². The average Bonchev–Trinajstić information content (AvgIpc) is 2.37. The molecule has 0 saturated heterocycles. The molecule has 5 N–H and O–H groups in total. The SMILES string of the molecule is CC(C)CC(NC(N)=O)C(=O)Nc1ccccc1CO. The second-order valence-corrected chi connectivity index (χ2v) is 5.00. The number of aliphatic hydroxyl groups is 1. The van der Waals surface area contributed by atoms with Crippen molar-refractivity contribution in [3.05, 3.63) is 29.8 Å². The maximum absolute atomic E-state index is 12.2. The Morgan fingerprint density at radius 2 is 1.95 bits per heavy atom. The predicted molar refractivity (Wildman–Crippen MR) is 77.0 cm³/mol. The van der Waals surface area contributed by atoms with Crippen molar-refractivity contribution >= 4 is 17.6 Å². The van der Waals surface area contributed by atoms with Gasteiger partial charge in [-0.15, -0.1) is 0 Å². The van der Waals surface area contributed by atoms with Crippen LogP contribution in [0, 0.1) is 5.92 Å². The zero-order valence-electron chi connectivity index (χ0n) is 11.7. The van der Waals surface area contributed by atoms with E-state index in [0.717, 1.165) is 0 Å². The second kappa shape index (κ2) is 7.49. The van der Waals surface area contributed by atoms with E-state index in [1.54, 1.807) is 24.3 Å². The van der Waals surface area contributed by atoms with Crippen LogP contribution >= 0.6 is 0 Å². The number of rotatable bonds is 6. The Morgan fingerprint density at radius 3 is 2.50 bits per heavy atom. The van der Waals surface area contributed by atoms with Crippen LogP contribution in [-0.2, 0) is 11.4 Å². The van der Waals surface area contributed by atoms with Gasteiger partial charge in [-0.25, -0.2) is 4.79 Å². The highest BCUT2D eigenvalue weighted by molar-refractivity contribution is 5.97. The molecule has 1 rings (SSSR count). The molecule has 6 nitrogen and oxygen atoms in total. The summed E-state index contributed by atoms with van der Waals surface area (Å²) in [6.07, 6.45) is 0.482. The van der Waals surface area contributed by atoms with Crippen molar-refractivity contribution in [2.75, 3.05) is 5.32 Å². The molecule has 0 bridgehead atoms. The minimum Gasteiger partial charge on any atom is -0.392 e. The number of hydrogen-bond donors (Lipinski definition) is 4. The van der Waals surface area contributed by atoms with Crippen molar-refractivity contribution in [3.63, 3.8) is 0 Å². The minimum absolute atomic E-state index is 0.172. The van der Waals surface area contributed by atoms with E-state index in [0.29, 0.717) is 17.7 Å². The summed E-state index contributed by atoms with van der Waals surface area (Å²) in [5.41, 5.74) is 6.23. The number of benzene rings is 1. The number of anilines is 1. The van der Waals surface area contributed by atoms with Gasteiger partial charge in [-0.3, -0.25) is 4.79 Å². The molecule has 0 saturated carbocycles. The van der Waals surface area contributed by atoms with Crippen LogP contribution in [0.3, 0.4) is 0 Å². The number of primary amides is 1. The standard InChI is InChI=1S/C14H21N3O3/c1-9(2)7-12(17-14(15)20)13(19)16-11-6-4-3-5-10(11)8-18/h3-6,9,12,18H,7-8H2,1-2H3,(H,16,19)(H3,15,17,20). The van der Waals surface area contributed by atoms with Gasteiger partial charge in [0.15, 0.2) is 0 Å². The lowest BCUT2D eigenvalue weighted by molar-refractivity contribution is -0.118. The molecule has 0 aliphatic rings. The summed E-state index contributed by atoms with van der Waals surface area (Å²) in [5.74, 6) is -0.121. The molecular weight excluding hydrogens is 258 g/mol. The van der Waals surface area contributed by atoms with Gasteiger partial charge in [-0.05, 0) is 18.4 Å². The van der Waals surface area contributed by atoms with E-state index in [2.05, 4.69) is 10.6 Å². The van der Waals surface area contributed by atoms with Gasteiger partial charge in [0.05, 0.1) is 6.61 Å². The van der Waals surface area contributed by atoms with Crippen molar-refractivity contribution in [2.24, 2.45) is 11.7 Å². The lowest BCUT2D eigenvalue weighted by atomic mass is 10.0. The normalized spacial score (nSPS) is 12.0. The van der Waals surface area contributed by atoms with E-state index in [9.17, 15) is 14.7 Å². The zero-order chi connectivity index (χ0) is 15.1. The number of amides is 3. The number of carbonyl (C=O) groups excluding carboxylic acids is 2. The summed E-state index contributed by atoms with van der Waals surface area (Å²) < 4.78 is 0. The minimum atomic E-state index is -0.735. The first kappa shape index (κ1) is 16.0. The summed E-state index contributed by atoms with van der Waals surface area (Å²) in [5, 5.41) is 14.4. The molecule has 1 atom stereocenters. The molecule has 0 aromatic heterocycles. The van der Waals surface area contributed by atoms with Gasteiger partial charge in [-0.2, -0.15) is 0 Å². The molecule has 0 heterocycles. The first-order chi connectivity index (χ1) is 9.43. The van der Waals surface area contributed by atoms with Crippen LogP contribution < -0.4 is 16.4 Å². The largest absolute Gasteiger partial charge is 0.392 e. The predicted octanol–water partition coefficient (Wildman–Crippen LogP) is 1.20. The number of nitrogens with two attached hydrogens (primary N) is 1. The fourth-order valence-corrected chi connectivity index (χ4v) is 1.87. The van der Waals surface area contributed by atoms with Gasteiger partial charge in [0.1, 0.15) is 6.04 Å².